The zero-order chi connectivity index (χ0) is 24.7. The van der Waals surface area contributed by atoms with Crippen molar-refractivity contribution in [1.82, 2.24) is 4.90 Å². The van der Waals surface area contributed by atoms with Gasteiger partial charge in [-0.2, -0.15) is 13.2 Å². The molecule has 0 bridgehead atoms. The minimum absolute atomic E-state index is 0.0163. The van der Waals surface area contributed by atoms with E-state index in [1.165, 1.54) is 6.07 Å². The molecule has 0 aliphatic carbocycles. The van der Waals surface area contributed by atoms with E-state index in [0.29, 0.717) is 75.5 Å². The molecule has 2 aliphatic rings. The zero-order valence-electron chi connectivity index (χ0n) is 20.0. The van der Waals surface area contributed by atoms with Crippen LogP contribution in [0.25, 0.3) is 0 Å². The number of nitrogens with zero attached hydrogens (tertiary/aromatic N) is 1. The van der Waals surface area contributed by atoms with Crippen molar-refractivity contribution < 1.29 is 37.0 Å². The molecular formula is C25H34F3NO5. The van der Waals surface area contributed by atoms with Gasteiger partial charge >= 0.3 is 12.1 Å². The molecule has 34 heavy (non-hydrogen) atoms. The lowest BCUT2D eigenvalue weighted by molar-refractivity contribution is -0.166. The molecule has 1 fully saturated rings. The summed E-state index contributed by atoms with van der Waals surface area (Å²) in [5, 5.41) is 0. The Labute approximate surface area is 198 Å². The Hall–Kier alpha value is -2.29. The van der Waals surface area contributed by atoms with Gasteiger partial charge in [0.05, 0.1) is 18.9 Å². The van der Waals surface area contributed by atoms with Crippen LogP contribution in [0, 0.1) is 0 Å². The summed E-state index contributed by atoms with van der Waals surface area (Å²) in [6.07, 6.45) is -0.186. The van der Waals surface area contributed by atoms with E-state index in [1.54, 1.807) is 4.90 Å². The van der Waals surface area contributed by atoms with E-state index in [1.807, 2.05) is 13.8 Å². The van der Waals surface area contributed by atoms with Gasteiger partial charge in [-0.25, -0.2) is 0 Å². The second-order valence-corrected chi connectivity index (χ2v) is 8.89. The number of halogens is 3. The molecule has 2 heterocycles. The molecule has 190 valence electrons. The predicted octanol–water partition coefficient (Wildman–Crippen LogP) is 5.30. The molecule has 0 spiro atoms. The summed E-state index contributed by atoms with van der Waals surface area (Å²) in [7, 11) is 0. The number of aryl methyl sites for hydroxylation is 1. The number of alkyl halides is 3. The molecule has 3 rings (SSSR count). The average Bonchev–Trinajstić information content (AvgIpc) is 2.98. The van der Waals surface area contributed by atoms with Crippen LogP contribution in [0.15, 0.2) is 6.07 Å². The number of ether oxygens (including phenoxy) is 3. The molecule has 1 saturated heterocycles. The van der Waals surface area contributed by atoms with Crippen LogP contribution in [0.5, 0.6) is 11.5 Å². The van der Waals surface area contributed by atoms with E-state index >= 15 is 0 Å². The fourth-order valence-corrected chi connectivity index (χ4v) is 4.50. The van der Waals surface area contributed by atoms with E-state index < -0.39 is 24.5 Å². The van der Waals surface area contributed by atoms with Gasteiger partial charge in [-0.3, -0.25) is 9.59 Å². The highest BCUT2D eigenvalue weighted by Crippen LogP contribution is 2.49. The molecule has 0 saturated carbocycles. The first kappa shape index (κ1) is 26.3. The standard InChI is InChI=1S/C25H34F3NO5/c1-3-8-17-14-19-20(25(26,27)28)15-22(31)34-24(19)18(9-4-2)23(17)33-13-6-5-11-29-16-32-12-7-10-21(29)30/h14,20H,3-13,15-16H2,1-2H3. The Kier molecular flexibility index (Phi) is 9.22. The number of carbonyl (C=O) groups excluding carboxylic acids is 2. The second-order valence-electron chi connectivity index (χ2n) is 8.89. The van der Waals surface area contributed by atoms with Gasteiger partial charge in [0.2, 0.25) is 5.91 Å². The third kappa shape index (κ3) is 6.43. The van der Waals surface area contributed by atoms with E-state index in [9.17, 15) is 22.8 Å². The second kappa shape index (κ2) is 11.9. The van der Waals surface area contributed by atoms with Crippen molar-refractivity contribution in [2.45, 2.75) is 83.7 Å². The van der Waals surface area contributed by atoms with Crippen molar-refractivity contribution in [2.24, 2.45) is 0 Å². The summed E-state index contributed by atoms with van der Waals surface area (Å²) in [5.41, 5.74) is 1.29. The van der Waals surface area contributed by atoms with Gasteiger partial charge in [-0.15, -0.1) is 0 Å². The van der Waals surface area contributed by atoms with Crippen molar-refractivity contribution in [3.63, 3.8) is 0 Å². The number of hydrogen-bond donors (Lipinski definition) is 0. The van der Waals surface area contributed by atoms with E-state index in [0.717, 1.165) is 19.3 Å². The number of hydrogen-bond acceptors (Lipinski definition) is 5. The summed E-state index contributed by atoms with van der Waals surface area (Å²) >= 11 is 0. The van der Waals surface area contributed by atoms with Crippen molar-refractivity contribution in [2.75, 3.05) is 26.5 Å². The van der Waals surface area contributed by atoms with Crippen LogP contribution in [0.2, 0.25) is 0 Å². The summed E-state index contributed by atoms with van der Waals surface area (Å²) in [6.45, 7) is 5.70. The Balaban J connectivity index is 1.78. The number of benzene rings is 1. The van der Waals surface area contributed by atoms with Gasteiger partial charge in [0, 0.05) is 30.7 Å². The highest BCUT2D eigenvalue weighted by atomic mass is 19.4. The molecular weight excluding hydrogens is 451 g/mol. The number of amides is 1. The van der Waals surface area contributed by atoms with Crippen molar-refractivity contribution in [3.05, 3.63) is 22.8 Å². The predicted molar refractivity (Wildman–Crippen MR) is 120 cm³/mol. The molecule has 1 unspecified atom stereocenters. The van der Waals surface area contributed by atoms with Gasteiger partial charge < -0.3 is 19.1 Å². The number of carbonyl (C=O) groups is 2. The molecule has 2 aliphatic heterocycles. The van der Waals surface area contributed by atoms with E-state index in [4.69, 9.17) is 14.2 Å². The fourth-order valence-electron chi connectivity index (χ4n) is 4.50. The molecule has 6 nitrogen and oxygen atoms in total. The van der Waals surface area contributed by atoms with E-state index in [-0.39, 0.29) is 17.2 Å². The minimum Gasteiger partial charge on any atom is -0.493 e. The van der Waals surface area contributed by atoms with Crippen LogP contribution in [0.3, 0.4) is 0 Å². The summed E-state index contributed by atoms with van der Waals surface area (Å²) < 4.78 is 58.2. The summed E-state index contributed by atoms with van der Waals surface area (Å²) in [6, 6.07) is 1.52. The molecule has 1 atom stereocenters. The van der Waals surface area contributed by atoms with Crippen molar-refractivity contribution in [3.8, 4) is 11.5 Å². The van der Waals surface area contributed by atoms with Gasteiger partial charge in [-0.1, -0.05) is 26.7 Å². The Bertz CT molecular complexity index is 871. The zero-order valence-corrected chi connectivity index (χ0v) is 20.0. The van der Waals surface area contributed by atoms with Gasteiger partial charge in [-0.05, 0) is 43.7 Å². The molecule has 9 heteroatoms. The largest absolute Gasteiger partial charge is 0.493 e. The van der Waals surface area contributed by atoms with E-state index in [2.05, 4.69) is 0 Å². The van der Waals surface area contributed by atoms with Gasteiger partial charge in [0.25, 0.3) is 0 Å². The van der Waals surface area contributed by atoms with Crippen LogP contribution < -0.4 is 9.47 Å². The monoisotopic (exact) mass is 485 g/mol. The summed E-state index contributed by atoms with van der Waals surface area (Å²) in [5.74, 6) is -2.09. The van der Waals surface area contributed by atoms with Crippen LogP contribution in [-0.4, -0.2) is 49.4 Å². The average molecular weight is 486 g/mol. The Morgan fingerprint density at radius 2 is 1.91 bits per heavy atom. The Morgan fingerprint density at radius 1 is 1.15 bits per heavy atom. The smallest absolute Gasteiger partial charge is 0.396 e. The van der Waals surface area contributed by atoms with Crippen LogP contribution in [-0.2, 0) is 27.2 Å². The number of unbranched alkanes of at least 4 members (excludes halogenated alkanes) is 1. The highest BCUT2D eigenvalue weighted by molar-refractivity contribution is 5.78. The lowest BCUT2D eigenvalue weighted by Crippen LogP contribution is -2.32. The molecule has 0 aromatic heterocycles. The first-order chi connectivity index (χ1) is 16.3. The molecule has 1 amide bonds. The highest BCUT2D eigenvalue weighted by Gasteiger charge is 2.47. The molecule has 0 N–H and O–H groups in total. The van der Waals surface area contributed by atoms with Crippen LogP contribution in [0.4, 0.5) is 13.2 Å². The normalized spacial score (nSPS) is 19.0. The Morgan fingerprint density at radius 3 is 2.62 bits per heavy atom. The number of esters is 1. The molecule has 1 aromatic carbocycles. The maximum Gasteiger partial charge on any atom is 0.396 e. The maximum atomic E-state index is 13.7. The van der Waals surface area contributed by atoms with Crippen molar-refractivity contribution >= 4 is 11.9 Å². The third-order valence-corrected chi connectivity index (χ3v) is 6.16. The quantitative estimate of drug-likeness (QED) is 0.256. The molecule has 0 radical (unpaired) electrons. The number of rotatable bonds is 10. The van der Waals surface area contributed by atoms with Crippen molar-refractivity contribution in [1.29, 1.82) is 0 Å². The lowest BCUT2D eigenvalue weighted by Gasteiger charge is -2.30. The first-order valence-electron chi connectivity index (χ1n) is 12.2. The first-order valence-corrected chi connectivity index (χ1v) is 12.2. The number of fused-ring (bicyclic) bond motifs is 1. The lowest BCUT2D eigenvalue weighted by atomic mass is 9.86. The third-order valence-electron chi connectivity index (χ3n) is 6.16. The topological polar surface area (TPSA) is 65.1 Å². The van der Waals surface area contributed by atoms with Gasteiger partial charge in [0.1, 0.15) is 18.2 Å². The summed E-state index contributed by atoms with van der Waals surface area (Å²) in [4.78, 5) is 25.8. The fraction of sp³-hybridized carbons (Fsp3) is 0.680. The van der Waals surface area contributed by atoms with Crippen LogP contribution in [0.1, 0.15) is 81.4 Å². The minimum atomic E-state index is -4.53. The van der Waals surface area contributed by atoms with Crippen LogP contribution >= 0.6 is 0 Å². The van der Waals surface area contributed by atoms with Gasteiger partial charge in [0.15, 0.2) is 0 Å². The maximum absolute atomic E-state index is 13.7. The molecule has 1 aromatic rings. The SMILES string of the molecule is CCCc1cc2c(c(CCC)c1OCCCCN1COCCCC1=O)OC(=O)CC2C(F)(F)F.